The molecule has 14 heavy (non-hydrogen) atoms. The van der Waals surface area contributed by atoms with Crippen LogP contribution in [0.3, 0.4) is 0 Å². The van der Waals surface area contributed by atoms with E-state index in [2.05, 4.69) is 31.9 Å². The first kappa shape index (κ1) is 11.7. The number of aromatic hydroxyl groups is 1. The number of carbonyl (C=O) groups excluding carboxylic acids is 1. The molecule has 0 spiro atoms. The minimum Gasteiger partial charge on any atom is -0.506 e. The molecule has 2 nitrogen and oxygen atoms in total. The maximum absolute atomic E-state index is 11.4. The average molecular weight is 322 g/mol. The van der Waals surface area contributed by atoms with Gasteiger partial charge in [0, 0.05) is 0 Å². The lowest BCUT2D eigenvalue weighted by atomic mass is 10.0. The maximum atomic E-state index is 11.4. The molecule has 0 amide bonds. The van der Waals surface area contributed by atoms with E-state index in [1.807, 2.05) is 13.8 Å². The van der Waals surface area contributed by atoms with Crippen LogP contribution in [0.25, 0.3) is 0 Å². The van der Waals surface area contributed by atoms with Crippen LogP contribution in [-0.2, 0) is 0 Å². The van der Waals surface area contributed by atoms with E-state index >= 15 is 0 Å². The highest BCUT2D eigenvalue weighted by molar-refractivity contribution is 9.10. The number of benzene rings is 1. The number of ketones is 1. The Morgan fingerprint density at radius 3 is 2.57 bits per heavy atom. The molecule has 0 bridgehead atoms. The van der Waals surface area contributed by atoms with Gasteiger partial charge in [-0.3, -0.25) is 4.79 Å². The molecule has 0 radical (unpaired) electrons. The third-order valence-corrected chi connectivity index (χ3v) is 3.65. The number of phenolic OH excluding ortho intramolecular Hbond substituents is 1. The van der Waals surface area contributed by atoms with Crippen molar-refractivity contribution in [3.05, 3.63) is 27.2 Å². The van der Waals surface area contributed by atoms with Gasteiger partial charge < -0.3 is 5.11 Å². The van der Waals surface area contributed by atoms with Gasteiger partial charge in [0.15, 0.2) is 5.78 Å². The van der Waals surface area contributed by atoms with Gasteiger partial charge in [-0.25, -0.2) is 0 Å². The molecular formula is C10H10Br2O2. The Hall–Kier alpha value is -0.350. The Morgan fingerprint density at radius 1 is 1.50 bits per heavy atom. The number of phenols is 1. The van der Waals surface area contributed by atoms with E-state index < -0.39 is 0 Å². The lowest BCUT2D eigenvalue weighted by Crippen LogP contribution is -2.02. The number of aryl methyl sites for hydroxylation is 1. The Morgan fingerprint density at radius 2 is 2.07 bits per heavy atom. The number of hydrogen-bond acceptors (Lipinski definition) is 2. The van der Waals surface area contributed by atoms with Gasteiger partial charge in [-0.15, -0.1) is 0 Å². The zero-order chi connectivity index (χ0) is 10.9. The van der Waals surface area contributed by atoms with Crippen molar-refractivity contribution >= 4 is 37.6 Å². The Labute approximate surface area is 99.6 Å². The van der Waals surface area contributed by atoms with Gasteiger partial charge in [0.2, 0.25) is 0 Å². The Balaban J connectivity index is 3.40. The van der Waals surface area contributed by atoms with Crippen LogP contribution in [-0.4, -0.2) is 16.2 Å². The summed E-state index contributed by atoms with van der Waals surface area (Å²) in [6.45, 7) is 3.80. The van der Waals surface area contributed by atoms with Crippen LogP contribution in [0.2, 0.25) is 0 Å². The second-order valence-corrected chi connectivity index (χ2v) is 4.44. The summed E-state index contributed by atoms with van der Waals surface area (Å²) in [5.74, 6) is -0.0937. The quantitative estimate of drug-likeness (QED) is 0.670. The van der Waals surface area contributed by atoms with Crippen molar-refractivity contribution in [3.8, 4) is 5.75 Å². The molecule has 0 aliphatic rings. The van der Waals surface area contributed by atoms with E-state index in [4.69, 9.17) is 0 Å². The van der Waals surface area contributed by atoms with Gasteiger partial charge in [-0.1, -0.05) is 15.9 Å². The molecular weight excluding hydrogens is 312 g/mol. The van der Waals surface area contributed by atoms with Crippen molar-refractivity contribution in [2.24, 2.45) is 0 Å². The molecule has 0 aliphatic carbocycles. The van der Waals surface area contributed by atoms with E-state index in [1.165, 1.54) is 0 Å². The number of hydrogen-bond donors (Lipinski definition) is 1. The molecule has 0 heterocycles. The van der Waals surface area contributed by atoms with Crippen molar-refractivity contribution in [2.45, 2.75) is 13.8 Å². The predicted molar refractivity (Wildman–Crippen MR) is 63.4 cm³/mol. The van der Waals surface area contributed by atoms with E-state index in [0.29, 0.717) is 10.0 Å². The fourth-order valence-electron chi connectivity index (χ4n) is 1.15. The van der Waals surface area contributed by atoms with Crippen LogP contribution in [0.4, 0.5) is 0 Å². The zero-order valence-corrected chi connectivity index (χ0v) is 11.1. The van der Waals surface area contributed by atoms with Crippen molar-refractivity contribution in [3.63, 3.8) is 0 Å². The topological polar surface area (TPSA) is 37.3 Å². The molecule has 1 aromatic carbocycles. The molecule has 1 N–H and O–H groups in total. The first-order valence-electron chi connectivity index (χ1n) is 4.06. The molecule has 0 saturated carbocycles. The Bertz CT molecular complexity index is 386. The summed E-state index contributed by atoms with van der Waals surface area (Å²) in [6, 6.07) is 1.71. The van der Waals surface area contributed by atoms with Crippen LogP contribution in [0.5, 0.6) is 5.75 Å². The number of alkyl halides is 1. The minimum absolute atomic E-state index is 0.0255. The van der Waals surface area contributed by atoms with Crippen LogP contribution in [0, 0.1) is 13.8 Å². The van der Waals surface area contributed by atoms with E-state index in [9.17, 15) is 9.90 Å². The van der Waals surface area contributed by atoms with E-state index in [0.717, 1.165) is 11.1 Å². The third-order valence-electron chi connectivity index (χ3n) is 2.17. The minimum atomic E-state index is -0.119. The van der Waals surface area contributed by atoms with Crippen LogP contribution < -0.4 is 0 Å². The van der Waals surface area contributed by atoms with E-state index in [1.54, 1.807) is 6.07 Å². The number of Topliss-reactive ketones (excluding diaryl/α,β-unsaturated/α-hetero) is 1. The molecule has 0 aliphatic heterocycles. The summed E-state index contributed by atoms with van der Waals surface area (Å²) >= 11 is 6.34. The SMILES string of the molecule is Cc1cc(C(=O)CBr)c(O)c(Br)c1C. The van der Waals surface area contributed by atoms with Crippen molar-refractivity contribution < 1.29 is 9.90 Å². The normalized spacial score (nSPS) is 10.3. The lowest BCUT2D eigenvalue weighted by molar-refractivity contribution is 0.102. The fraction of sp³-hybridized carbons (Fsp3) is 0.300. The molecule has 1 rings (SSSR count). The van der Waals surface area contributed by atoms with Crippen LogP contribution in [0.15, 0.2) is 10.5 Å². The van der Waals surface area contributed by atoms with Gasteiger partial charge >= 0.3 is 0 Å². The summed E-state index contributed by atoms with van der Waals surface area (Å²) in [5, 5.41) is 9.93. The molecule has 4 heteroatoms. The first-order chi connectivity index (χ1) is 6.49. The van der Waals surface area contributed by atoms with Gasteiger partial charge in [-0.05, 0) is 47.0 Å². The number of rotatable bonds is 2. The summed E-state index contributed by atoms with van der Waals surface area (Å²) in [4.78, 5) is 11.4. The highest BCUT2D eigenvalue weighted by Crippen LogP contribution is 2.33. The van der Waals surface area contributed by atoms with Gasteiger partial charge in [-0.2, -0.15) is 0 Å². The smallest absolute Gasteiger partial charge is 0.177 e. The average Bonchev–Trinajstić information content (AvgIpc) is 2.19. The van der Waals surface area contributed by atoms with Gasteiger partial charge in [0.1, 0.15) is 5.75 Å². The summed E-state index contributed by atoms with van der Waals surface area (Å²) < 4.78 is 0.599. The van der Waals surface area contributed by atoms with Gasteiger partial charge in [0.05, 0.1) is 15.4 Å². The van der Waals surface area contributed by atoms with Crippen LogP contribution in [0.1, 0.15) is 21.5 Å². The highest BCUT2D eigenvalue weighted by atomic mass is 79.9. The molecule has 0 atom stereocenters. The maximum Gasteiger partial charge on any atom is 0.177 e. The number of carbonyl (C=O) groups is 1. The monoisotopic (exact) mass is 320 g/mol. The second kappa shape index (κ2) is 4.45. The van der Waals surface area contributed by atoms with Crippen molar-refractivity contribution in [2.75, 3.05) is 5.33 Å². The molecule has 0 unspecified atom stereocenters. The molecule has 76 valence electrons. The molecule has 0 fully saturated rings. The molecule has 0 aromatic heterocycles. The van der Waals surface area contributed by atoms with Crippen molar-refractivity contribution in [1.29, 1.82) is 0 Å². The van der Waals surface area contributed by atoms with Crippen molar-refractivity contribution in [1.82, 2.24) is 0 Å². The van der Waals surface area contributed by atoms with E-state index in [-0.39, 0.29) is 16.9 Å². The Kier molecular flexibility index (Phi) is 3.72. The largest absolute Gasteiger partial charge is 0.506 e. The lowest BCUT2D eigenvalue weighted by Gasteiger charge is -2.09. The summed E-state index contributed by atoms with van der Waals surface area (Å²) in [7, 11) is 0. The summed E-state index contributed by atoms with van der Waals surface area (Å²) in [5.41, 5.74) is 2.30. The number of halogens is 2. The molecule has 0 saturated heterocycles. The second-order valence-electron chi connectivity index (χ2n) is 3.09. The zero-order valence-electron chi connectivity index (χ0n) is 7.90. The molecule has 1 aromatic rings. The van der Waals surface area contributed by atoms with Gasteiger partial charge in [0.25, 0.3) is 0 Å². The fourth-order valence-corrected chi connectivity index (χ4v) is 1.97. The highest BCUT2D eigenvalue weighted by Gasteiger charge is 2.15. The third kappa shape index (κ3) is 2.01. The predicted octanol–water partition coefficient (Wildman–Crippen LogP) is 3.35. The first-order valence-corrected chi connectivity index (χ1v) is 5.98. The standard InChI is InChI=1S/C10H10Br2O2/c1-5-3-7(8(13)4-11)10(14)9(12)6(5)2/h3,14H,4H2,1-2H3. The summed E-state index contributed by atoms with van der Waals surface area (Å²) in [6.07, 6.45) is 0. The van der Waals surface area contributed by atoms with Crippen LogP contribution >= 0.6 is 31.9 Å².